The molecule has 0 atom stereocenters. The number of anilines is 1. The quantitative estimate of drug-likeness (QED) is 0.774. The van der Waals surface area contributed by atoms with Crippen molar-refractivity contribution in [3.8, 4) is 0 Å². The molecule has 1 aromatic heterocycles. The highest BCUT2D eigenvalue weighted by Crippen LogP contribution is 2.19. The van der Waals surface area contributed by atoms with Crippen LogP contribution in [0.25, 0.3) is 0 Å². The van der Waals surface area contributed by atoms with Crippen molar-refractivity contribution in [2.75, 3.05) is 38.3 Å². The van der Waals surface area contributed by atoms with Crippen LogP contribution in [0, 0.1) is 0 Å². The van der Waals surface area contributed by atoms with Gasteiger partial charge in [-0.25, -0.2) is 4.79 Å². The highest BCUT2D eigenvalue weighted by atomic mass is 16.5. The maximum absolute atomic E-state index is 11.3. The number of piperidine rings is 1. The Morgan fingerprint density at radius 1 is 1.40 bits per heavy atom. The normalized spacial score (nSPS) is 16.2. The number of ether oxygens (including phenoxy) is 2. The maximum Gasteiger partial charge on any atom is 0.358 e. The van der Waals surface area contributed by atoms with Crippen molar-refractivity contribution in [1.29, 1.82) is 0 Å². The van der Waals surface area contributed by atoms with Gasteiger partial charge in [-0.15, -0.1) is 10.2 Å². The topological polar surface area (TPSA) is 84.8 Å². The minimum Gasteiger partial charge on any atom is -0.464 e. The number of aliphatic hydroxyl groups excluding tert-OH is 1. The van der Waals surface area contributed by atoms with Gasteiger partial charge in [0.15, 0.2) is 11.5 Å². The van der Waals surface area contributed by atoms with E-state index in [2.05, 4.69) is 19.8 Å². The molecule has 2 rings (SSSR count). The largest absolute Gasteiger partial charge is 0.464 e. The fourth-order valence-corrected chi connectivity index (χ4v) is 2.18. The van der Waals surface area contributed by atoms with Crippen molar-refractivity contribution in [3.63, 3.8) is 0 Å². The lowest BCUT2D eigenvalue weighted by Crippen LogP contribution is -2.38. The number of methoxy groups -OCH3 is 1. The van der Waals surface area contributed by atoms with Crippen molar-refractivity contribution in [2.24, 2.45) is 0 Å². The Hall–Kier alpha value is -1.73. The lowest BCUT2D eigenvalue weighted by atomic mass is 10.1. The molecule has 0 bridgehead atoms. The van der Waals surface area contributed by atoms with E-state index in [1.165, 1.54) is 7.11 Å². The van der Waals surface area contributed by atoms with Crippen LogP contribution < -0.4 is 4.90 Å². The number of nitrogens with zero attached hydrogens (tertiary/aromatic N) is 3. The van der Waals surface area contributed by atoms with Crippen LogP contribution >= 0.6 is 0 Å². The van der Waals surface area contributed by atoms with Gasteiger partial charge in [-0.05, 0) is 25.0 Å². The Morgan fingerprint density at radius 3 is 2.70 bits per heavy atom. The summed E-state index contributed by atoms with van der Waals surface area (Å²) in [6, 6.07) is 3.39. The van der Waals surface area contributed by atoms with Gasteiger partial charge in [0.25, 0.3) is 0 Å². The van der Waals surface area contributed by atoms with E-state index in [1.807, 2.05) is 0 Å². The summed E-state index contributed by atoms with van der Waals surface area (Å²) in [5.74, 6) is 0.262. The van der Waals surface area contributed by atoms with E-state index in [4.69, 9.17) is 9.84 Å². The molecule has 0 unspecified atom stereocenters. The van der Waals surface area contributed by atoms with Gasteiger partial charge < -0.3 is 19.5 Å². The fraction of sp³-hybridized carbons (Fsp3) is 0.615. The third-order valence-corrected chi connectivity index (χ3v) is 3.26. The zero-order chi connectivity index (χ0) is 14.4. The molecule has 0 aliphatic carbocycles. The smallest absolute Gasteiger partial charge is 0.358 e. The Balaban J connectivity index is 1.89. The van der Waals surface area contributed by atoms with E-state index < -0.39 is 5.97 Å². The summed E-state index contributed by atoms with van der Waals surface area (Å²) < 4.78 is 10.1. The molecule has 110 valence electrons. The summed E-state index contributed by atoms with van der Waals surface area (Å²) in [6.45, 7) is 2.09. The first-order chi connectivity index (χ1) is 9.74. The minimum atomic E-state index is -0.486. The van der Waals surface area contributed by atoms with Gasteiger partial charge in [0.2, 0.25) is 0 Å². The highest BCUT2D eigenvalue weighted by Gasteiger charge is 2.21. The van der Waals surface area contributed by atoms with Crippen LogP contribution in [0.2, 0.25) is 0 Å². The lowest BCUT2D eigenvalue weighted by molar-refractivity contribution is 0.0158. The van der Waals surface area contributed by atoms with Gasteiger partial charge >= 0.3 is 5.97 Å². The lowest BCUT2D eigenvalue weighted by Gasteiger charge is -2.32. The Labute approximate surface area is 117 Å². The molecule has 0 spiro atoms. The van der Waals surface area contributed by atoms with Crippen LogP contribution in [-0.2, 0) is 9.47 Å². The number of hydrogen-bond donors (Lipinski definition) is 1. The van der Waals surface area contributed by atoms with Gasteiger partial charge in [0, 0.05) is 13.1 Å². The molecule has 1 saturated heterocycles. The molecule has 0 aromatic carbocycles. The Kier molecular flexibility index (Phi) is 5.25. The second-order valence-corrected chi connectivity index (χ2v) is 4.55. The van der Waals surface area contributed by atoms with Gasteiger partial charge in [0.1, 0.15) is 0 Å². The number of carbonyl (C=O) groups excluding carboxylic acids is 1. The number of hydrogen-bond acceptors (Lipinski definition) is 7. The molecule has 1 fully saturated rings. The molecule has 1 aliphatic rings. The molecule has 0 radical (unpaired) electrons. The predicted molar refractivity (Wildman–Crippen MR) is 71.6 cm³/mol. The summed E-state index contributed by atoms with van der Waals surface area (Å²) >= 11 is 0. The third-order valence-electron chi connectivity index (χ3n) is 3.26. The summed E-state index contributed by atoms with van der Waals surface area (Å²) in [5, 5.41) is 16.6. The Bertz CT molecular complexity index is 430. The van der Waals surface area contributed by atoms with Gasteiger partial charge in [-0.2, -0.15) is 0 Å². The second-order valence-electron chi connectivity index (χ2n) is 4.55. The van der Waals surface area contributed by atoms with Gasteiger partial charge in [-0.1, -0.05) is 0 Å². The maximum atomic E-state index is 11.3. The van der Waals surface area contributed by atoms with E-state index in [0.29, 0.717) is 6.61 Å². The molecule has 2 heterocycles. The van der Waals surface area contributed by atoms with Crippen molar-refractivity contribution in [1.82, 2.24) is 10.2 Å². The average molecular weight is 281 g/mol. The summed E-state index contributed by atoms with van der Waals surface area (Å²) in [6.07, 6.45) is 1.97. The molecule has 20 heavy (non-hydrogen) atoms. The van der Waals surface area contributed by atoms with E-state index in [1.54, 1.807) is 12.1 Å². The molecule has 7 heteroatoms. The number of carbonyl (C=O) groups is 1. The minimum absolute atomic E-state index is 0.0562. The molecule has 1 N–H and O–H groups in total. The standard InChI is InChI=1S/C13H19N3O4/c1-19-13(18)11-2-3-12(15-14-11)16-6-4-10(5-7-16)20-9-8-17/h2-3,10,17H,4-9H2,1H3. The highest BCUT2D eigenvalue weighted by molar-refractivity contribution is 5.86. The first-order valence-electron chi connectivity index (χ1n) is 6.64. The summed E-state index contributed by atoms with van der Waals surface area (Å²) in [7, 11) is 1.31. The molecule has 7 nitrogen and oxygen atoms in total. The van der Waals surface area contributed by atoms with Gasteiger partial charge in [0.05, 0.1) is 26.4 Å². The fourth-order valence-electron chi connectivity index (χ4n) is 2.18. The average Bonchev–Trinajstić information content (AvgIpc) is 2.53. The first kappa shape index (κ1) is 14.7. The van der Waals surface area contributed by atoms with Crippen LogP contribution in [-0.4, -0.2) is 60.8 Å². The summed E-state index contributed by atoms with van der Waals surface area (Å²) in [4.78, 5) is 13.4. The number of aromatic nitrogens is 2. The number of esters is 1. The van der Waals surface area contributed by atoms with E-state index in [-0.39, 0.29) is 18.4 Å². The zero-order valence-corrected chi connectivity index (χ0v) is 11.5. The number of rotatable bonds is 5. The summed E-state index contributed by atoms with van der Waals surface area (Å²) in [5.41, 5.74) is 0.206. The van der Waals surface area contributed by atoms with E-state index >= 15 is 0 Å². The van der Waals surface area contributed by atoms with Crippen LogP contribution in [0.3, 0.4) is 0 Å². The Morgan fingerprint density at radius 2 is 2.15 bits per heavy atom. The SMILES string of the molecule is COC(=O)c1ccc(N2CCC(OCCO)CC2)nn1. The van der Waals surface area contributed by atoms with E-state index in [9.17, 15) is 4.79 Å². The van der Waals surface area contributed by atoms with E-state index in [0.717, 1.165) is 31.7 Å². The number of aliphatic hydroxyl groups is 1. The van der Waals surface area contributed by atoms with Crippen molar-refractivity contribution in [3.05, 3.63) is 17.8 Å². The molecular weight excluding hydrogens is 262 g/mol. The second kappa shape index (κ2) is 7.16. The predicted octanol–water partition coefficient (Wildman–Crippen LogP) is 0.241. The van der Waals surface area contributed by atoms with Crippen molar-refractivity contribution < 1.29 is 19.4 Å². The van der Waals surface area contributed by atoms with Crippen LogP contribution in [0.5, 0.6) is 0 Å². The zero-order valence-electron chi connectivity index (χ0n) is 11.5. The third kappa shape index (κ3) is 3.64. The van der Waals surface area contributed by atoms with Crippen molar-refractivity contribution >= 4 is 11.8 Å². The van der Waals surface area contributed by atoms with Gasteiger partial charge in [-0.3, -0.25) is 0 Å². The van der Waals surface area contributed by atoms with Crippen LogP contribution in [0.1, 0.15) is 23.3 Å². The molecule has 0 saturated carbocycles. The molecule has 1 aromatic rings. The van der Waals surface area contributed by atoms with Crippen LogP contribution in [0.4, 0.5) is 5.82 Å². The van der Waals surface area contributed by atoms with Crippen molar-refractivity contribution in [2.45, 2.75) is 18.9 Å². The molecule has 1 aliphatic heterocycles. The first-order valence-corrected chi connectivity index (χ1v) is 6.64. The molecule has 0 amide bonds. The monoisotopic (exact) mass is 281 g/mol. The molecular formula is C13H19N3O4. The van der Waals surface area contributed by atoms with Crippen LogP contribution in [0.15, 0.2) is 12.1 Å².